The highest BCUT2D eigenvalue weighted by atomic mass is 16.6. The molecule has 25 heavy (non-hydrogen) atoms. The van der Waals surface area contributed by atoms with E-state index < -0.39 is 4.92 Å². The molecule has 0 saturated heterocycles. The standard InChI is InChI=1S/C17H23N5O3/c1-12-16(22(24)25)13(2)21(19-12)11-14-5-7-15(8-6-14)17(23)20(4)10-9-18-3/h5-8,18H,9-11H2,1-4H3. The molecule has 8 heteroatoms. The van der Waals surface area contributed by atoms with E-state index in [1.807, 2.05) is 19.2 Å². The van der Waals surface area contributed by atoms with Gasteiger partial charge in [-0.25, -0.2) is 0 Å². The maximum Gasteiger partial charge on any atom is 0.312 e. The zero-order valence-corrected chi connectivity index (χ0v) is 14.9. The summed E-state index contributed by atoms with van der Waals surface area (Å²) in [5, 5.41) is 18.3. The van der Waals surface area contributed by atoms with Crippen molar-refractivity contribution in [1.29, 1.82) is 0 Å². The number of amides is 1. The summed E-state index contributed by atoms with van der Waals surface area (Å²) in [6.45, 7) is 5.10. The highest BCUT2D eigenvalue weighted by Crippen LogP contribution is 2.22. The fourth-order valence-electron chi connectivity index (χ4n) is 2.63. The quantitative estimate of drug-likeness (QED) is 0.609. The Morgan fingerprint density at radius 3 is 2.48 bits per heavy atom. The molecule has 0 aliphatic heterocycles. The van der Waals surface area contributed by atoms with Gasteiger partial charge in [-0.05, 0) is 38.6 Å². The molecule has 1 heterocycles. The number of carbonyl (C=O) groups excluding carboxylic acids is 1. The Kier molecular flexibility index (Phi) is 5.87. The Hall–Kier alpha value is -2.74. The molecule has 0 atom stereocenters. The van der Waals surface area contributed by atoms with Gasteiger partial charge in [0, 0.05) is 25.7 Å². The molecule has 1 N–H and O–H groups in total. The van der Waals surface area contributed by atoms with E-state index in [1.54, 1.807) is 42.6 Å². The second-order valence-electron chi connectivity index (χ2n) is 5.96. The third-order valence-electron chi connectivity index (χ3n) is 4.10. The highest BCUT2D eigenvalue weighted by Gasteiger charge is 2.21. The Labute approximate surface area is 146 Å². The van der Waals surface area contributed by atoms with Crippen LogP contribution in [0.15, 0.2) is 24.3 Å². The summed E-state index contributed by atoms with van der Waals surface area (Å²) in [7, 11) is 3.61. The van der Waals surface area contributed by atoms with E-state index in [0.29, 0.717) is 30.0 Å². The summed E-state index contributed by atoms with van der Waals surface area (Å²) in [4.78, 5) is 24.6. The first-order chi connectivity index (χ1) is 11.8. The molecule has 2 aromatic rings. The van der Waals surface area contributed by atoms with Crippen molar-refractivity contribution in [2.75, 3.05) is 27.2 Å². The van der Waals surface area contributed by atoms with E-state index in [2.05, 4.69) is 10.4 Å². The number of likely N-dealkylation sites (N-methyl/N-ethyl adjacent to an activating group) is 2. The number of nitro groups is 1. The van der Waals surface area contributed by atoms with Gasteiger partial charge < -0.3 is 10.2 Å². The Bertz CT molecular complexity index is 767. The van der Waals surface area contributed by atoms with E-state index in [9.17, 15) is 14.9 Å². The first-order valence-electron chi connectivity index (χ1n) is 8.02. The van der Waals surface area contributed by atoms with Crippen LogP contribution in [-0.2, 0) is 6.54 Å². The van der Waals surface area contributed by atoms with Crippen molar-refractivity contribution >= 4 is 11.6 Å². The lowest BCUT2D eigenvalue weighted by molar-refractivity contribution is -0.386. The van der Waals surface area contributed by atoms with Crippen molar-refractivity contribution in [1.82, 2.24) is 20.0 Å². The van der Waals surface area contributed by atoms with Crippen molar-refractivity contribution in [2.24, 2.45) is 0 Å². The second-order valence-corrected chi connectivity index (χ2v) is 5.96. The molecule has 1 aromatic carbocycles. The average molecular weight is 345 g/mol. The van der Waals surface area contributed by atoms with Gasteiger partial charge in [0.25, 0.3) is 5.91 Å². The van der Waals surface area contributed by atoms with Gasteiger partial charge in [-0.15, -0.1) is 0 Å². The summed E-state index contributed by atoms with van der Waals surface area (Å²) in [5.74, 6) is -0.0384. The Morgan fingerprint density at radius 1 is 1.32 bits per heavy atom. The third-order valence-corrected chi connectivity index (χ3v) is 4.10. The summed E-state index contributed by atoms with van der Waals surface area (Å²) in [6, 6.07) is 7.24. The van der Waals surface area contributed by atoms with Crippen LogP contribution in [0.5, 0.6) is 0 Å². The number of benzene rings is 1. The van der Waals surface area contributed by atoms with E-state index in [0.717, 1.165) is 12.1 Å². The van der Waals surface area contributed by atoms with Crippen molar-refractivity contribution in [3.8, 4) is 0 Å². The third kappa shape index (κ3) is 4.21. The maximum absolute atomic E-state index is 12.3. The topological polar surface area (TPSA) is 93.3 Å². The van der Waals surface area contributed by atoms with Gasteiger partial charge in [0.15, 0.2) is 0 Å². The largest absolute Gasteiger partial charge is 0.340 e. The zero-order chi connectivity index (χ0) is 18.6. The first-order valence-corrected chi connectivity index (χ1v) is 8.02. The van der Waals surface area contributed by atoms with Gasteiger partial charge in [-0.3, -0.25) is 19.6 Å². The van der Waals surface area contributed by atoms with Crippen molar-refractivity contribution in [3.63, 3.8) is 0 Å². The number of aromatic nitrogens is 2. The molecule has 0 aliphatic carbocycles. The summed E-state index contributed by atoms with van der Waals surface area (Å²) >= 11 is 0. The van der Waals surface area contributed by atoms with E-state index in [1.165, 1.54) is 0 Å². The smallest absolute Gasteiger partial charge is 0.312 e. The van der Waals surface area contributed by atoms with Crippen LogP contribution in [0, 0.1) is 24.0 Å². The van der Waals surface area contributed by atoms with E-state index in [-0.39, 0.29) is 11.6 Å². The summed E-state index contributed by atoms with van der Waals surface area (Å²) < 4.78 is 1.61. The SMILES string of the molecule is CNCCN(C)C(=O)c1ccc(Cn2nc(C)c([N+](=O)[O-])c2C)cc1. The minimum Gasteiger partial charge on any atom is -0.340 e. The predicted molar refractivity (Wildman–Crippen MR) is 94.8 cm³/mol. The number of nitrogens with one attached hydrogen (secondary N) is 1. The van der Waals surface area contributed by atoms with Crippen molar-refractivity contribution in [2.45, 2.75) is 20.4 Å². The molecule has 8 nitrogen and oxygen atoms in total. The lowest BCUT2D eigenvalue weighted by atomic mass is 10.1. The van der Waals surface area contributed by atoms with Gasteiger partial charge in [0.05, 0.1) is 11.5 Å². The van der Waals surface area contributed by atoms with Crippen LogP contribution in [-0.4, -0.2) is 52.7 Å². The molecule has 0 fully saturated rings. The predicted octanol–water partition coefficient (Wildman–Crippen LogP) is 1.75. The molecule has 1 amide bonds. The number of hydrogen-bond donors (Lipinski definition) is 1. The van der Waals surface area contributed by atoms with Crippen LogP contribution in [0.25, 0.3) is 0 Å². The number of nitrogens with zero attached hydrogens (tertiary/aromatic N) is 4. The molecule has 0 saturated carbocycles. The number of aryl methyl sites for hydroxylation is 1. The molecule has 0 aliphatic rings. The molecule has 1 aromatic heterocycles. The number of carbonyl (C=O) groups is 1. The second kappa shape index (κ2) is 7.89. The first kappa shape index (κ1) is 18.6. The van der Waals surface area contributed by atoms with Crippen LogP contribution in [0.3, 0.4) is 0 Å². The van der Waals surface area contributed by atoms with Gasteiger partial charge in [-0.2, -0.15) is 5.10 Å². The fraction of sp³-hybridized carbons (Fsp3) is 0.412. The molecule has 134 valence electrons. The highest BCUT2D eigenvalue weighted by molar-refractivity contribution is 5.94. The Morgan fingerprint density at radius 2 is 1.96 bits per heavy atom. The summed E-state index contributed by atoms with van der Waals surface area (Å²) in [5.41, 5.74) is 2.52. The number of hydrogen-bond acceptors (Lipinski definition) is 5. The van der Waals surface area contributed by atoms with E-state index in [4.69, 9.17) is 0 Å². The monoisotopic (exact) mass is 345 g/mol. The molecular formula is C17H23N5O3. The van der Waals surface area contributed by atoms with Crippen LogP contribution < -0.4 is 5.32 Å². The van der Waals surface area contributed by atoms with Gasteiger partial charge >= 0.3 is 5.69 Å². The molecule has 2 rings (SSSR count). The van der Waals surface area contributed by atoms with Gasteiger partial charge in [0.2, 0.25) is 0 Å². The Balaban J connectivity index is 2.12. The van der Waals surface area contributed by atoms with Crippen LogP contribution in [0.1, 0.15) is 27.3 Å². The average Bonchev–Trinajstić information content (AvgIpc) is 2.86. The maximum atomic E-state index is 12.3. The minimum atomic E-state index is -0.406. The fourth-order valence-corrected chi connectivity index (χ4v) is 2.63. The lowest BCUT2D eigenvalue weighted by Crippen LogP contribution is -2.32. The lowest BCUT2D eigenvalue weighted by Gasteiger charge is -2.17. The van der Waals surface area contributed by atoms with Gasteiger partial charge in [-0.1, -0.05) is 12.1 Å². The van der Waals surface area contributed by atoms with Crippen molar-refractivity contribution in [3.05, 3.63) is 56.9 Å². The van der Waals surface area contributed by atoms with Gasteiger partial charge in [0.1, 0.15) is 11.4 Å². The van der Waals surface area contributed by atoms with Crippen molar-refractivity contribution < 1.29 is 9.72 Å². The molecule has 0 spiro atoms. The van der Waals surface area contributed by atoms with Crippen LogP contribution in [0.4, 0.5) is 5.69 Å². The summed E-state index contributed by atoms with van der Waals surface area (Å²) in [6.07, 6.45) is 0. The zero-order valence-electron chi connectivity index (χ0n) is 14.9. The van der Waals surface area contributed by atoms with Crippen LogP contribution >= 0.6 is 0 Å². The van der Waals surface area contributed by atoms with Crippen LogP contribution in [0.2, 0.25) is 0 Å². The minimum absolute atomic E-state index is 0.0384. The number of rotatable bonds is 7. The van der Waals surface area contributed by atoms with E-state index >= 15 is 0 Å². The molecular weight excluding hydrogens is 322 g/mol. The normalized spacial score (nSPS) is 10.7. The molecule has 0 bridgehead atoms. The molecule has 0 radical (unpaired) electrons. The molecule has 0 unspecified atom stereocenters.